The quantitative estimate of drug-likeness (QED) is 0.110. The SMILES string of the molecule is C[C@@H]1Cc2c(ccc3[nH]ncc23)[C@@H](c2c(F)cc(N3CCC(CN4CCC(C5Cc6cc7c(cc6C5)C(=O)C(C5CCC(=O)NC5=O)C7=O)CC4)CC3)cc2F)N1CC(F)F.[HH]. The van der Waals surface area contributed by atoms with Crippen LogP contribution >= 0.6 is 0 Å². The summed E-state index contributed by atoms with van der Waals surface area (Å²) in [5.41, 5.74) is 5.64. The molecule has 6 aliphatic rings. The monoisotopic (exact) mass is 840 g/mol. The number of Topliss-reactive ketones (excluding diaryl/α,β-unsaturated/α-hetero) is 2. The molecular weight excluding hydrogens is 789 g/mol. The van der Waals surface area contributed by atoms with Crippen molar-refractivity contribution < 1.29 is 38.2 Å². The van der Waals surface area contributed by atoms with Crippen molar-refractivity contribution >= 4 is 40.0 Å². The van der Waals surface area contributed by atoms with Crippen molar-refractivity contribution in [3.63, 3.8) is 0 Å². The fourth-order valence-electron chi connectivity index (χ4n) is 11.8. The molecule has 3 aromatic carbocycles. The third kappa shape index (κ3) is 7.16. The van der Waals surface area contributed by atoms with Crippen LogP contribution in [0.2, 0.25) is 0 Å². The molecule has 5 heterocycles. The first-order valence-electron chi connectivity index (χ1n) is 21.9. The van der Waals surface area contributed by atoms with E-state index in [9.17, 15) is 28.0 Å². The maximum Gasteiger partial charge on any atom is 0.251 e. The zero-order valence-corrected chi connectivity index (χ0v) is 34.2. The fourth-order valence-corrected chi connectivity index (χ4v) is 11.8. The third-order valence-electron chi connectivity index (χ3n) is 15.0. The molecule has 1 unspecified atom stereocenters. The van der Waals surface area contributed by atoms with Crippen molar-refractivity contribution in [2.75, 3.05) is 44.2 Å². The van der Waals surface area contributed by atoms with Crippen LogP contribution in [0.1, 0.15) is 101 Å². The molecule has 322 valence electrons. The van der Waals surface area contributed by atoms with Gasteiger partial charge in [0.25, 0.3) is 6.43 Å². The highest BCUT2D eigenvalue weighted by Crippen LogP contribution is 2.45. The van der Waals surface area contributed by atoms with E-state index >= 15 is 8.78 Å². The Balaban J connectivity index is 0.00000490. The summed E-state index contributed by atoms with van der Waals surface area (Å²) < 4.78 is 60.4. The van der Waals surface area contributed by atoms with E-state index in [2.05, 4.69) is 20.4 Å². The number of aromatic nitrogens is 2. The Labute approximate surface area is 352 Å². The summed E-state index contributed by atoms with van der Waals surface area (Å²) in [4.78, 5) is 57.2. The van der Waals surface area contributed by atoms with Gasteiger partial charge in [0.05, 0.1) is 36.1 Å². The van der Waals surface area contributed by atoms with Gasteiger partial charge in [-0.15, -0.1) is 0 Å². The smallest absolute Gasteiger partial charge is 0.251 e. The van der Waals surface area contributed by atoms with E-state index in [1.807, 2.05) is 24.0 Å². The highest BCUT2D eigenvalue weighted by Gasteiger charge is 2.48. The summed E-state index contributed by atoms with van der Waals surface area (Å²) in [6, 6.07) is 8.75. The number of aromatic amines is 1. The van der Waals surface area contributed by atoms with Crippen LogP contribution in [-0.4, -0.2) is 95.1 Å². The van der Waals surface area contributed by atoms with E-state index in [1.165, 1.54) is 17.0 Å². The Morgan fingerprint density at radius 1 is 0.836 bits per heavy atom. The molecule has 10 rings (SSSR count). The molecule has 2 amide bonds. The number of fused-ring (bicyclic) bond motifs is 5. The number of ketones is 2. The maximum atomic E-state index is 16.3. The van der Waals surface area contributed by atoms with Crippen LogP contribution in [0, 0.1) is 41.2 Å². The van der Waals surface area contributed by atoms with Crippen LogP contribution in [0.15, 0.2) is 42.6 Å². The zero-order valence-electron chi connectivity index (χ0n) is 34.2. The molecule has 4 aliphatic heterocycles. The number of carbonyl (C=O) groups excluding carboxylic acids is 4. The first kappa shape index (κ1) is 40.1. The number of alkyl halides is 2. The van der Waals surface area contributed by atoms with Gasteiger partial charge in [0.1, 0.15) is 11.6 Å². The van der Waals surface area contributed by atoms with Gasteiger partial charge in [-0.3, -0.25) is 34.5 Å². The molecule has 2 aliphatic carbocycles. The van der Waals surface area contributed by atoms with Crippen LogP contribution < -0.4 is 10.2 Å². The van der Waals surface area contributed by atoms with Gasteiger partial charge in [0.2, 0.25) is 11.8 Å². The number of hydrogen-bond acceptors (Lipinski definition) is 8. The minimum absolute atomic E-state index is 0. The molecule has 3 fully saturated rings. The van der Waals surface area contributed by atoms with E-state index in [0.29, 0.717) is 59.6 Å². The van der Waals surface area contributed by atoms with Crippen LogP contribution in [0.25, 0.3) is 10.9 Å². The number of nitrogens with one attached hydrogen (secondary N) is 2. The molecule has 0 radical (unpaired) electrons. The molecule has 10 nitrogen and oxygen atoms in total. The lowest BCUT2D eigenvalue weighted by Gasteiger charge is -2.42. The van der Waals surface area contributed by atoms with Gasteiger partial charge in [0.15, 0.2) is 11.6 Å². The number of halogens is 4. The van der Waals surface area contributed by atoms with Crippen molar-refractivity contribution in [2.45, 2.75) is 83.2 Å². The first-order chi connectivity index (χ1) is 29.4. The summed E-state index contributed by atoms with van der Waals surface area (Å²) in [7, 11) is 0. The van der Waals surface area contributed by atoms with Crippen molar-refractivity contribution in [2.24, 2.45) is 29.6 Å². The second-order valence-corrected chi connectivity index (χ2v) is 18.5. The Kier molecular flexibility index (Phi) is 10.4. The highest BCUT2D eigenvalue weighted by molar-refractivity contribution is 6.28. The Hall–Kier alpha value is -4.95. The Morgan fingerprint density at radius 3 is 2.15 bits per heavy atom. The molecule has 0 saturated carbocycles. The van der Waals surface area contributed by atoms with Gasteiger partial charge < -0.3 is 9.80 Å². The molecule has 1 aromatic heterocycles. The largest absolute Gasteiger partial charge is 0.371 e. The van der Waals surface area contributed by atoms with Crippen LogP contribution in [0.4, 0.5) is 23.2 Å². The summed E-state index contributed by atoms with van der Waals surface area (Å²) in [6.45, 7) is 5.53. The number of benzene rings is 3. The van der Waals surface area contributed by atoms with Gasteiger partial charge in [-0.25, -0.2) is 17.6 Å². The topological polar surface area (TPSA) is 119 Å². The molecular formula is C47H52F4N6O4. The van der Waals surface area contributed by atoms with E-state index in [1.54, 1.807) is 18.3 Å². The highest BCUT2D eigenvalue weighted by atomic mass is 19.3. The lowest BCUT2D eigenvalue weighted by Crippen LogP contribution is -2.46. The summed E-state index contributed by atoms with van der Waals surface area (Å²) in [5.74, 6) is -3.37. The van der Waals surface area contributed by atoms with Gasteiger partial charge >= 0.3 is 0 Å². The van der Waals surface area contributed by atoms with Crippen LogP contribution in [0.5, 0.6) is 0 Å². The number of carbonyl (C=O) groups is 4. The second kappa shape index (κ2) is 15.7. The van der Waals surface area contributed by atoms with Crippen LogP contribution in [-0.2, 0) is 28.9 Å². The number of imide groups is 1. The van der Waals surface area contributed by atoms with E-state index in [4.69, 9.17) is 0 Å². The summed E-state index contributed by atoms with van der Waals surface area (Å²) in [6.07, 6.45) is 5.50. The summed E-state index contributed by atoms with van der Waals surface area (Å²) in [5, 5.41) is 10.2. The lowest BCUT2D eigenvalue weighted by atomic mass is 9.81. The number of H-pyrrole nitrogens is 1. The van der Waals surface area contributed by atoms with E-state index in [0.717, 1.165) is 85.8 Å². The number of hydrogen-bond donors (Lipinski definition) is 2. The second-order valence-electron chi connectivity index (χ2n) is 18.5. The number of nitrogens with zero attached hydrogens (tertiary/aromatic N) is 4. The van der Waals surface area contributed by atoms with Gasteiger partial charge in [-0.2, -0.15) is 5.10 Å². The Morgan fingerprint density at radius 2 is 1.51 bits per heavy atom. The number of rotatable bonds is 8. The minimum Gasteiger partial charge on any atom is -0.371 e. The number of likely N-dealkylation sites (tertiary alicyclic amines) is 1. The third-order valence-corrected chi connectivity index (χ3v) is 15.0. The molecule has 14 heteroatoms. The molecule has 0 spiro atoms. The first-order valence-corrected chi connectivity index (χ1v) is 21.9. The minimum atomic E-state index is -2.66. The normalized spacial score (nSPS) is 24.9. The molecule has 3 atom stereocenters. The van der Waals surface area contributed by atoms with Crippen LogP contribution in [0.3, 0.4) is 0 Å². The molecule has 0 bridgehead atoms. The predicted octanol–water partition coefficient (Wildman–Crippen LogP) is 7.08. The van der Waals surface area contributed by atoms with Gasteiger partial charge in [-0.05, 0) is 142 Å². The molecule has 2 N–H and O–H groups in total. The van der Waals surface area contributed by atoms with Gasteiger partial charge in [0, 0.05) is 61.3 Å². The van der Waals surface area contributed by atoms with Crippen molar-refractivity contribution in [3.8, 4) is 0 Å². The summed E-state index contributed by atoms with van der Waals surface area (Å²) >= 11 is 0. The number of anilines is 1. The average molecular weight is 841 g/mol. The standard InChI is InChI=1S/C47H50F4N6O4.H2/c1-24-14-33-31(2-4-39-36(33)21-52-54-39)44(57(24)23-40(50)51)43-37(48)19-30(20-38(43)49)56-12-6-25(7-13-56)22-55-10-8-26(9-11-55)27-15-28-17-34-35(18-29(28)16-27)46(60)42(45(34)59)32-3-5-41(58)53-47(32)61;/h2,4,17-21,24-27,32,40,42,44H,3,5-16,22-23H2,1H3,(H,52,54)(H,53,58,61);1H/t24-,27?,32?,42?,44+;/m1./s1. The molecule has 61 heavy (non-hydrogen) atoms. The predicted molar refractivity (Wildman–Crippen MR) is 222 cm³/mol. The lowest BCUT2D eigenvalue weighted by molar-refractivity contribution is -0.137. The molecule has 4 aromatic rings. The number of piperidine rings is 3. The van der Waals surface area contributed by atoms with E-state index < -0.39 is 48.4 Å². The molecule has 3 saturated heterocycles. The fraction of sp³-hybridized carbons (Fsp3) is 0.511. The van der Waals surface area contributed by atoms with Crippen molar-refractivity contribution in [1.29, 1.82) is 0 Å². The van der Waals surface area contributed by atoms with E-state index in [-0.39, 0.29) is 43.3 Å². The zero-order chi connectivity index (χ0) is 42.3. The van der Waals surface area contributed by atoms with Crippen molar-refractivity contribution in [1.82, 2.24) is 25.3 Å². The maximum absolute atomic E-state index is 16.3. The van der Waals surface area contributed by atoms with Gasteiger partial charge in [-0.1, -0.05) is 6.07 Å². The van der Waals surface area contributed by atoms with Crippen molar-refractivity contribution in [3.05, 3.63) is 93.2 Å². The number of amides is 2. The Bertz CT molecular complexity index is 2380. The average Bonchev–Trinajstić information content (AvgIpc) is 3.95.